The number of benzene rings is 1. The Balaban J connectivity index is 2.29. The van der Waals surface area contributed by atoms with Gasteiger partial charge in [-0.1, -0.05) is 0 Å². The maximum absolute atomic E-state index is 13.2. The van der Waals surface area contributed by atoms with Gasteiger partial charge in [-0.25, -0.2) is 8.78 Å². The van der Waals surface area contributed by atoms with Gasteiger partial charge in [0.15, 0.2) is 10.9 Å². The highest BCUT2D eigenvalue weighted by Gasteiger charge is 2.03. The standard InChI is InChI=1S/C11H15F2N3S2/c1-18-6-2-5-14-11(17)16-15-10-4-3-8(12)7-9(10)13/h3-4,7,15H,2,5-6H2,1H3,(H2,14,16,17). The summed E-state index contributed by atoms with van der Waals surface area (Å²) in [6.45, 7) is 0.750. The van der Waals surface area contributed by atoms with Gasteiger partial charge < -0.3 is 5.32 Å². The summed E-state index contributed by atoms with van der Waals surface area (Å²) < 4.78 is 25.9. The van der Waals surface area contributed by atoms with Crippen LogP contribution in [0.15, 0.2) is 18.2 Å². The van der Waals surface area contributed by atoms with Gasteiger partial charge in [-0.15, -0.1) is 0 Å². The average molecular weight is 291 g/mol. The van der Waals surface area contributed by atoms with E-state index >= 15 is 0 Å². The van der Waals surface area contributed by atoms with Crippen LogP contribution in [-0.2, 0) is 0 Å². The summed E-state index contributed by atoms with van der Waals surface area (Å²) in [6, 6.07) is 3.27. The van der Waals surface area contributed by atoms with E-state index in [2.05, 4.69) is 16.2 Å². The molecule has 3 N–H and O–H groups in total. The number of hydrogen-bond donors (Lipinski definition) is 3. The third-order valence-corrected chi connectivity index (χ3v) is 3.00. The maximum atomic E-state index is 13.2. The van der Waals surface area contributed by atoms with Crippen molar-refractivity contribution in [2.75, 3.05) is 24.0 Å². The number of thioether (sulfide) groups is 1. The Bertz CT molecular complexity index is 402. The van der Waals surface area contributed by atoms with Gasteiger partial charge in [0.25, 0.3) is 0 Å². The number of thiocarbonyl (C=S) groups is 1. The van der Waals surface area contributed by atoms with Crippen molar-refractivity contribution in [3.63, 3.8) is 0 Å². The molecule has 0 amide bonds. The Morgan fingerprint density at radius 3 is 2.83 bits per heavy atom. The van der Waals surface area contributed by atoms with E-state index in [0.29, 0.717) is 5.11 Å². The van der Waals surface area contributed by atoms with E-state index in [1.54, 1.807) is 11.8 Å². The van der Waals surface area contributed by atoms with Crippen LogP contribution < -0.4 is 16.2 Å². The second kappa shape index (κ2) is 8.10. The van der Waals surface area contributed by atoms with E-state index in [1.807, 2.05) is 6.26 Å². The van der Waals surface area contributed by atoms with E-state index in [0.717, 1.165) is 24.8 Å². The molecule has 0 saturated heterocycles. The summed E-state index contributed by atoms with van der Waals surface area (Å²) >= 11 is 6.75. The predicted octanol–water partition coefficient (Wildman–Crippen LogP) is 2.51. The SMILES string of the molecule is CSCCCNC(=S)NNc1ccc(F)cc1F. The fraction of sp³-hybridized carbons (Fsp3) is 0.364. The molecule has 0 aliphatic heterocycles. The van der Waals surface area contributed by atoms with Gasteiger partial charge in [0.1, 0.15) is 5.82 Å². The topological polar surface area (TPSA) is 36.1 Å². The first-order chi connectivity index (χ1) is 8.63. The van der Waals surface area contributed by atoms with E-state index in [1.165, 1.54) is 12.1 Å². The van der Waals surface area contributed by atoms with Crippen molar-refractivity contribution in [2.24, 2.45) is 0 Å². The highest BCUT2D eigenvalue weighted by molar-refractivity contribution is 7.98. The Labute approximate surface area is 115 Å². The molecule has 0 atom stereocenters. The predicted molar refractivity (Wildman–Crippen MR) is 76.7 cm³/mol. The highest BCUT2D eigenvalue weighted by Crippen LogP contribution is 2.13. The lowest BCUT2D eigenvalue weighted by atomic mass is 10.3. The van der Waals surface area contributed by atoms with Gasteiger partial charge in [0.05, 0.1) is 5.69 Å². The molecule has 0 saturated carbocycles. The Hall–Kier alpha value is -1.08. The van der Waals surface area contributed by atoms with Crippen molar-refractivity contribution >= 4 is 34.8 Å². The third kappa shape index (κ3) is 5.50. The first-order valence-electron chi connectivity index (χ1n) is 5.37. The van der Waals surface area contributed by atoms with Crippen LogP contribution in [0.3, 0.4) is 0 Å². The molecule has 1 rings (SSSR count). The molecule has 100 valence electrons. The van der Waals surface area contributed by atoms with Crippen LogP contribution in [0.4, 0.5) is 14.5 Å². The van der Waals surface area contributed by atoms with Crippen LogP contribution in [0, 0.1) is 11.6 Å². The van der Waals surface area contributed by atoms with E-state index < -0.39 is 11.6 Å². The minimum Gasteiger partial charge on any atom is -0.361 e. The smallest absolute Gasteiger partial charge is 0.185 e. The van der Waals surface area contributed by atoms with Crippen molar-refractivity contribution in [3.05, 3.63) is 29.8 Å². The van der Waals surface area contributed by atoms with Crippen LogP contribution >= 0.6 is 24.0 Å². The monoisotopic (exact) mass is 291 g/mol. The minimum atomic E-state index is -0.673. The van der Waals surface area contributed by atoms with Crippen molar-refractivity contribution in [1.82, 2.24) is 10.7 Å². The Morgan fingerprint density at radius 1 is 1.39 bits per heavy atom. The first-order valence-corrected chi connectivity index (χ1v) is 7.17. The minimum absolute atomic E-state index is 0.143. The number of anilines is 1. The van der Waals surface area contributed by atoms with Gasteiger partial charge in [-0.05, 0) is 42.8 Å². The lowest BCUT2D eigenvalue weighted by Crippen LogP contribution is -2.39. The molecule has 0 aliphatic carbocycles. The van der Waals surface area contributed by atoms with Crippen LogP contribution in [-0.4, -0.2) is 23.7 Å². The first kappa shape index (κ1) is 15.0. The molecule has 1 aromatic rings. The maximum Gasteiger partial charge on any atom is 0.185 e. The number of rotatable bonds is 6. The molecular formula is C11H15F2N3S2. The molecular weight excluding hydrogens is 276 g/mol. The Morgan fingerprint density at radius 2 is 2.17 bits per heavy atom. The molecule has 1 aromatic carbocycles. The van der Waals surface area contributed by atoms with Crippen LogP contribution in [0.25, 0.3) is 0 Å². The number of hydrogen-bond acceptors (Lipinski definition) is 3. The second-order valence-electron chi connectivity index (χ2n) is 3.48. The zero-order chi connectivity index (χ0) is 13.4. The Kier molecular flexibility index (Phi) is 6.74. The number of halogens is 2. The van der Waals surface area contributed by atoms with E-state index in [4.69, 9.17) is 12.2 Å². The van der Waals surface area contributed by atoms with Crippen molar-refractivity contribution in [3.8, 4) is 0 Å². The summed E-state index contributed by atoms with van der Waals surface area (Å²) in [7, 11) is 0. The van der Waals surface area contributed by atoms with Crippen molar-refractivity contribution < 1.29 is 8.78 Å². The van der Waals surface area contributed by atoms with Crippen LogP contribution in [0.5, 0.6) is 0 Å². The molecule has 0 heterocycles. The highest BCUT2D eigenvalue weighted by atomic mass is 32.2. The van der Waals surface area contributed by atoms with Crippen molar-refractivity contribution in [2.45, 2.75) is 6.42 Å². The molecule has 0 fully saturated rings. The molecule has 0 bridgehead atoms. The summed E-state index contributed by atoms with van der Waals surface area (Å²) in [5, 5.41) is 3.34. The average Bonchev–Trinajstić information content (AvgIpc) is 2.33. The lowest BCUT2D eigenvalue weighted by molar-refractivity contribution is 0.584. The molecule has 0 aliphatic rings. The number of nitrogens with one attached hydrogen (secondary N) is 3. The van der Waals surface area contributed by atoms with E-state index in [9.17, 15) is 8.78 Å². The largest absolute Gasteiger partial charge is 0.361 e. The quantitative estimate of drug-likeness (QED) is 0.426. The van der Waals surface area contributed by atoms with E-state index in [-0.39, 0.29) is 5.69 Å². The molecule has 3 nitrogen and oxygen atoms in total. The second-order valence-corrected chi connectivity index (χ2v) is 4.87. The van der Waals surface area contributed by atoms with Gasteiger partial charge >= 0.3 is 0 Å². The fourth-order valence-corrected chi connectivity index (χ4v) is 1.76. The molecule has 0 radical (unpaired) electrons. The lowest BCUT2D eigenvalue weighted by Gasteiger charge is -2.12. The fourth-order valence-electron chi connectivity index (χ4n) is 1.18. The summed E-state index contributed by atoms with van der Waals surface area (Å²) in [4.78, 5) is 0. The third-order valence-electron chi connectivity index (χ3n) is 2.05. The molecule has 0 aromatic heterocycles. The molecule has 7 heteroatoms. The summed E-state index contributed by atoms with van der Waals surface area (Å²) in [6.07, 6.45) is 3.03. The van der Waals surface area contributed by atoms with Gasteiger partial charge in [0, 0.05) is 12.6 Å². The van der Waals surface area contributed by atoms with Crippen LogP contribution in [0.2, 0.25) is 0 Å². The molecule has 18 heavy (non-hydrogen) atoms. The number of hydrazine groups is 1. The summed E-state index contributed by atoms with van der Waals surface area (Å²) in [5.74, 6) is -0.237. The molecule has 0 unspecified atom stereocenters. The molecule has 0 spiro atoms. The van der Waals surface area contributed by atoms with Crippen LogP contribution in [0.1, 0.15) is 6.42 Å². The zero-order valence-electron chi connectivity index (χ0n) is 9.93. The van der Waals surface area contributed by atoms with Gasteiger partial charge in [-0.3, -0.25) is 10.9 Å². The van der Waals surface area contributed by atoms with Gasteiger partial charge in [0.2, 0.25) is 0 Å². The normalized spacial score (nSPS) is 9.94. The zero-order valence-corrected chi connectivity index (χ0v) is 11.6. The van der Waals surface area contributed by atoms with Crippen molar-refractivity contribution in [1.29, 1.82) is 0 Å². The summed E-state index contributed by atoms with van der Waals surface area (Å²) in [5.41, 5.74) is 5.36. The van der Waals surface area contributed by atoms with Gasteiger partial charge in [-0.2, -0.15) is 11.8 Å².